The monoisotopic (exact) mass is 457 g/mol. The molecular weight excluding hydrogens is 432 g/mol. The van der Waals surface area contributed by atoms with Crippen LogP contribution in [0.25, 0.3) is 5.57 Å². The van der Waals surface area contributed by atoms with E-state index in [9.17, 15) is 28.3 Å². The smallest absolute Gasteiger partial charge is 0.254 e. The van der Waals surface area contributed by atoms with Gasteiger partial charge in [-0.1, -0.05) is 30.3 Å². The van der Waals surface area contributed by atoms with Crippen molar-refractivity contribution in [3.05, 3.63) is 77.4 Å². The van der Waals surface area contributed by atoms with E-state index in [4.69, 9.17) is 0 Å². The lowest BCUT2D eigenvalue weighted by molar-refractivity contribution is -0.136. The Morgan fingerprint density at radius 1 is 1.09 bits per heavy atom. The zero-order valence-electron chi connectivity index (χ0n) is 18.2. The summed E-state index contributed by atoms with van der Waals surface area (Å²) in [5, 5.41) is 15.0. The van der Waals surface area contributed by atoms with Gasteiger partial charge in [0, 0.05) is 19.7 Å². The first-order valence-electron chi connectivity index (χ1n) is 10.4. The van der Waals surface area contributed by atoms with E-state index in [2.05, 4.69) is 10.6 Å². The van der Waals surface area contributed by atoms with Crippen LogP contribution in [-0.4, -0.2) is 53.4 Å². The molecule has 3 rings (SSSR count). The Hall–Kier alpha value is -3.59. The van der Waals surface area contributed by atoms with Crippen molar-refractivity contribution in [1.29, 1.82) is 0 Å². The van der Waals surface area contributed by atoms with Gasteiger partial charge in [-0.15, -0.1) is 0 Å². The molecule has 0 fully saturated rings. The number of likely N-dealkylation sites (N-methyl/N-ethyl adjacent to an activating group) is 1. The molecule has 1 aliphatic heterocycles. The lowest BCUT2D eigenvalue weighted by atomic mass is 10.0. The normalized spacial score (nSPS) is 18.1. The largest absolute Gasteiger partial charge is 0.378 e. The summed E-state index contributed by atoms with van der Waals surface area (Å²) in [7, 11) is 1.64. The van der Waals surface area contributed by atoms with E-state index in [0.717, 1.165) is 23.3 Å². The summed E-state index contributed by atoms with van der Waals surface area (Å²) in [5.41, 5.74) is 1.55. The number of carbonyl (C=O) groups is 3. The molecule has 2 aromatic rings. The lowest BCUT2D eigenvalue weighted by Gasteiger charge is -2.22. The molecule has 0 radical (unpaired) electrons. The number of halogens is 2. The van der Waals surface area contributed by atoms with Crippen LogP contribution in [0.2, 0.25) is 0 Å². The van der Waals surface area contributed by atoms with E-state index >= 15 is 0 Å². The fraction of sp³-hybridized carbons (Fsp3) is 0.292. The third-order valence-electron chi connectivity index (χ3n) is 5.37. The summed E-state index contributed by atoms with van der Waals surface area (Å²) in [6, 6.07) is 9.68. The van der Waals surface area contributed by atoms with Gasteiger partial charge in [0.05, 0.1) is 0 Å². The van der Waals surface area contributed by atoms with Crippen molar-refractivity contribution < 1.29 is 28.3 Å². The maximum absolute atomic E-state index is 13.4. The van der Waals surface area contributed by atoms with Crippen LogP contribution in [0, 0.1) is 11.6 Å². The van der Waals surface area contributed by atoms with E-state index in [1.165, 1.54) is 11.8 Å². The highest BCUT2D eigenvalue weighted by molar-refractivity contribution is 5.95. The molecule has 0 saturated carbocycles. The Bertz CT molecular complexity index is 1050. The first kappa shape index (κ1) is 24.1. The third-order valence-corrected chi connectivity index (χ3v) is 5.37. The second-order valence-corrected chi connectivity index (χ2v) is 7.89. The number of nitrogens with one attached hydrogen (secondary N) is 2. The van der Waals surface area contributed by atoms with Crippen LogP contribution in [0.15, 0.2) is 54.6 Å². The topological polar surface area (TPSA) is 98.7 Å². The van der Waals surface area contributed by atoms with Crippen LogP contribution in [0.4, 0.5) is 8.78 Å². The molecule has 0 bridgehead atoms. The standard InChI is InChI=1S/C24H25F2N3O4/c1-14(27-23(32)21(30)17-10-18(25)13-19(26)11-17)22(31)28-20-12-16(8-9-29(2)24(20)33)15-6-4-3-5-7-15/h3-7,10-14,20-21,30H,8-9H2,1-2H3,(H,27,32)(H,28,31)/t14-,20-,21-/m0/s1. The average molecular weight is 457 g/mol. The van der Waals surface area contributed by atoms with Gasteiger partial charge >= 0.3 is 0 Å². The minimum Gasteiger partial charge on any atom is -0.378 e. The lowest BCUT2D eigenvalue weighted by Crippen LogP contribution is -2.52. The van der Waals surface area contributed by atoms with Gasteiger partial charge in [-0.2, -0.15) is 0 Å². The number of nitrogens with zero attached hydrogens (tertiary/aromatic N) is 1. The van der Waals surface area contributed by atoms with Crippen molar-refractivity contribution in [1.82, 2.24) is 15.5 Å². The number of amides is 3. The molecule has 33 heavy (non-hydrogen) atoms. The van der Waals surface area contributed by atoms with Gasteiger partial charge in [0.25, 0.3) is 5.91 Å². The Kier molecular flexibility index (Phi) is 7.55. The molecule has 7 nitrogen and oxygen atoms in total. The Morgan fingerprint density at radius 2 is 1.73 bits per heavy atom. The summed E-state index contributed by atoms with van der Waals surface area (Å²) in [4.78, 5) is 39.2. The predicted molar refractivity (Wildman–Crippen MR) is 118 cm³/mol. The molecule has 9 heteroatoms. The molecule has 3 atom stereocenters. The van der Waals surface area contributed by atoms with Crippen molar-refractivity contribution in [2.45, 2.75) is 31.5 Å². The van der Waals surface area contributed by atoms with E-state index in [-0.39, 0.29) is 11.5 Å². The van der Waals surface area contributed by atoms with Crippen molar-refractivity contribution in [3.63, 3.8) is 0 Å². The quantitative estimate of drug-likeness (QED) is 0.618. The molecule has 0 saturated heterocycles. The fourth-order valence-electron chi connectivity index (χ4n) is 3.51. The van der Waals surface area contributed by atoms with Gasteiger partial charge < -0.3 is 20.6 Å². The molecule has 0 aliphatic carbocycles. The van der Waals surface area contributed by atoms with Crippen molar-refractivity contribution in [3.8, 4) is 0 Å². The number of hydrogen-bond donors (Lipinski definition) is 3. The molecule has 0 aromatic heterocycles. The van der Waals surface area contributed by atoms with Gasteiger partial charge in [-0.3, -0.25) is 14.4 Å². The zero-order chi connectivity index (χ0) is 24.1. The Balaban J connectivity index is 1.70. The van der Waals surface area contributed by atoms with E-state index in [0.29, 0.717) is 19.0 Å². The SMILES string of the molecule is C[C@H](NC(=O)[C@@H](O)c1cc(F)cc(F)c1)C(=O)N[C@H]1C=C(c2ccccc2)CCN(C)C1=O. The summed E-state index contributed by atoms with van der Waals surface area (Å²) >= 11 is 0. The van der Waals surface area contributed by atoms with Crippen LogP contribution in [0.5, 0.6) is 0 Å². The minimum atomic E-state index is -1.87. The first-order chi connectivity index (χ1) is 15.7. The molecule has 3 N–H and O–H groups in total. The highest BCUT2D eigenvalue weighted by Gasteiger charge is 2.29. The predicted octanol–water partition coefficient (Wildman–Crippen LogP) is 1.93. The van der Waals surface area contributed by atoms with E-state index in [1.54, 1.807) is 13.1 Å². The van der Waals surface area contributed by atoms with Crippen LogP contribution in [0.1, 0.15) is 30.6 Å². The molecule has 0 unspecified atom stereocenters. The molecule has 2 aromatic carbocycles. The van der Waals surface area contributed by atoms with E-state index < -0.39 is 41.6 Å². The average Bonchev–Trinajstić information content (AvgIpc) is 2.92. The number of carbonyl (C=O) groups excluding carboxylic acids is 3. The van der Waals surface area contributed by atoms with Crippen LogP contribution >= 0.6 is 0 Å². The highest BCUT2D eigenvalue weighted by atomic mass is 19.1. The second kappa shape index (κ2) is 10.4. The summed E-state index contributed by atoms with van der Waals surface area (Å²) in [5.74, 6) is -3.85. The van der Waals surface area contributed by atoms with Gasteiger partial charge in [-0.05, 0) is 48.3 Å². The van der Waals surface area contributed by atoms with Crippen molar-refractivity contribution >= 4 is 23.3 Å². The van der Waals surface area contributed by atoms with Crippen LogP contribution in [-0.2, 0) is 14.4 Å². The van der Waals surface area contributed by atoms with Crippen molar-refractivity contribution in [2.75, 3.05) is 13.6 Å². The number of rotatable bonds is 6. The summed E-state index contributed by atoms with van der Waals surface area (Å²) in [6.07, 6.45) is 0.430. The fourth-order valence-corrected chi connectivity index (χ4v) is 3.51. The molecule has 174 valence electrons. The molecule has 3 amide bonds. The second-order valence-electron chi connectivity index (χ2n) is 7.89. The Morgan fingerprint density at radius 3 is 2.36 bits per heavy atom. The molecular formula is C24H25F2N3O4. The van der Waals surface area contributed by atoms with E-state index in [1.807, 2.05) is 30.3 Å². The minimum absolute atomic E-state index is 0.284. The number of hydrogen-bond acceptors (Lipinski definition) is 4. The number of aliphatic hydroxyl groups excluding tert-OH is 1. The number of aliphatic hydroxyl groups is 1. The van der Waals surface area contributed by atoms with Crippen LogP contribution in [0.3, 0.4) is 0 Å². The zero-order valence-corrected chi connectivity index (χ0v) is 18.2. The summed E-state index contributed by atoms with van der Waals surface area (Å²) in [6.45, 7) is 1.85. The summed E-state index contributed by atoms with van der Waals surface area (Å²) < 4.78 is 26.7. The number of benzene rings is 2. The van der Waals surface area contributed by atoms with Gasteiger partial charge in [0.15, 0.2) is 6.10 Å². The van der Waals surface area contributed by atoms with Gasteiger partial charge in [0.2, 0.25) is 11.8 Å². The highest BCUT2D eigenvalue weighted by Crippen LogP contribution is 2.22. The molecule has 1 heterocycles. The third kappa shape index (κ3) is 6.01. The molecule has 0 spiro atoms. The molecule has 1 aliphatic rings. The first-order valence-corrected chi connectivity index (χ1v) is 10.4. The van der Waals surface area contributed by atoms with Crippen LogP contribution < -0.4 is 10.6 Å². The van der Waals surface area contributed by atoms with Gasteiger partial charge in [-0.25, -0.2) is 8.78 Å². The van der Waals surface area contributed by atoms with Crippen molar-refractivity contribution in [2.24, 2.45) is 0 Å². The van der Waals surface area contributed by atoms with Gasteiger partial charge in [0.1, 0.15) is 23.7 Å². The maximum Gasteiger partial charge on any atom is 0.254 e. The maximum atomic E-state index is 13.4. The Labute approximate surface area is 190 Å².